The van der Waals surface area contributed by atoms with Crippen LogP contribution in [0.15, 0.2) is 0 Å². The van der Waals surface area contributed by atoms with Gasteiger partial charge in [0.05, 0.1) is 18.8 Å². The van der Waals surface area contributed by atoms with Gasteiger partial charge >= 0.3 is 0 Å². The van der Waals surface area contributed by atoms with Crippen molar-refractivity contribution in [3.63, 3.8) is 0 Å². The molecule has 0 aromatic carbocycles. The van der Waals surface area contributed by atoms with E-state index in [1.54, 1.807) is 9.80 Å². The Balaban J connectivity index is 1.77. The van der Waals surface area contributed by atoms with Gasteiger partial charge < -0.3 is 15.1 Å². The summed E-state index contributed by atoms with van der Waals surface area (Å²) >= 11 is 0. The number of hydrogen-bond donors (Lipinski definition) is 2. The number of amides is 1. The Hall–Kier alpha value is -0.650. The predicted molar refractivity (Wildman–Crippen MR) is 49.7 cm³/mol. The largest absolute Gasteiger partial charge is 0.389 e. The summed E-state index contributed by atoms with van der Waals surface area (Å²) in [5, 5.41) is 18.5. The standard InChI is InChI=1S/C9H16N2O3/c12-7-4-10(5-8(7)13)6-9(14)11-2-1-3-11/h7-8,12-13H,1-6H2. The van der Waals surface area contributed by atoms with Gasteiger partial charge in [-0.15, -0.1) is 0 Å². The molecule has 80 valence electrons. The van der Waals surface area contributed by atoms with Crippen molar-refractivity contribution in [3.8, 4) is 0 Å². The lowest BCUT2D eigenvalue weighted by molar-refractivity contribution is -0.135. The quantitative estimate of drug-likeness (QED) is 0.555. The minimum atomic E-state index is -0.695. The second kappa shape index (κ2) is 3.84. The van der Waals surface area contributed by atoms with Crippen LogP contribution in [-0.4, -0.2) is 70.9 Å². The summed E-state index contributed by atoms with van der Waals surface area (Å²) in [7, 11) is 0. The molecule has 2 saturated heterocycles. The zero-order chi connectivity index (χ0) is 10.1. The van der Waals surface area contributed by atoms with Gasteiger partial charge in [-0.2, -0.15) is 0 Å². The molecule has 1 amide bonds. The van der Waals surface area contributed by atoms with Gasteiger partial charge in [0.1, 0.15) is 0 Å². The molecule has 2 atom stereocenters. The minimum Gasteiger partial charge on any atom is -0.389 e. The second-order valence-corrected chi connectivity index (χ2v) is 4.06. The molecule has 0 aromatic heterocycles. The number of carbonyl (C=O) groups is 1. The van der Waals surface area contributed by atoms with Crippen LogP contribution in [0.25, 0.3) is 0 Å². The average molecular weight is 200 g/mol. The van der Waals surface area contributed by atoms with Crippen molar-refractivity contribution in [1.82, 2.24) is 9.80 Å². The van der Waals surface area contributed by atoms with E-state index in [1.165, 1.54) is 0 Å². The van der Waals surface area contributed by atoms with Crippen LogP contribution in [0.5, 0.6) is 0 Å². The van der Waals surface area contributed by atoms with Gasteiger partial charge in [0.25, 0.3) is 0 Å². The zero-order valence-corrected chi connectivity index (χ0v) is 8.09. The van der Waals surface area contributed by atoms with Crippen LogP contribution in [0.1, 0.15) is 6.42 Å². The fraction of sp³-hybridized carbons (Fsp3) is 0.889. The van der Waals surface area contributed by atoms with Gasteiger partial charge in [-0.05, 0) is 6.42 Å². The van der Waals surface area contributed by atoms with Crippen molar-refractivity contribution in [2.45, 2.75) is 18.6 Å². The number of likely N-dealkylation sites (tertiary alicyclic amines) is 2. The number of nitrogens with zero attached hydrogens (tertiary/aromatic N) is 2. The van der Waals surface area contributed by atoms with E-state index in [4.69, 9.17) is 0 Å². The van der Waals surface area contributed by atoms with Crippen LogP contribution in [0.4, 0.5) is 0 Å². The summed E-state index contributed by atoms with van der Waals surface area (Å²) in [6, 6.07) is 0. The zero-order valence-electron chi connectivity index (χ0n) is 8.09. The van der Waals surface area contributed by atoms with Crippen LogP contribution >= 0.6 is 0 Å². The van der Waals surface area contributed by atoms with Gasteiger partial charge in [-0.25, -0.2) is 0 Å². The lowest BCUT2D eigenvalue weighted by Gasteiger charge is -2.32. The third-order valence-electron chi connectivity index (χ3n) is 2.90. The number of aliphatic hydroxyl groups excluding tert-OH is 2. The molecule has 0 radical (unpaired) electrons. The second-order valence-electron chi connectivity index (χ2n) is 4.06. The lowest BCUT2D eigenvalue weighted by atomic mass is 10.2. The molecular formula is C9H16N2O3. The summed E-state index contributed by atoms with van der Waals surface area (Å²) in [6.45, 7) is 2.85. The van der Waals surface area contributed by atoms with E-state index in [9.17, 15) is 15.0 Å². The summed E-state index contributed by atoms with van der Waals surface area (Å²) in [4.78, 5) is 15.1. The van der Waals surface area contributed by atoms with Crippen molar-refractivity contribution in [1.29, 1.82) is 0 Å². The van der Waals surface area contributed by atoms with Crippen molar-refractivity contribution in [2.75, 3.05) is 32.7 Å². The van der Waals surface area contributed by atoms with Gasteiger partial charge in [0.2, 0.25) is 5.91 Å². The first-order valence-electron chi connectivity index (χ1n) is 5.03. The van der Waals surface area contributed by atoms with E-state index in [2.05, 4.69) is 0 Å². The molecule has 2 aliphatic heterocycles. The molecular weight excluding hydrogens is 184 g/mol. The lowest BCUT2D eigenvalue weighted by Crippen LogP contribution is -2.47. The third kappa shape index (κ3) is 1.89. The Morgan fingerprint density at radius 1 is 1.21 bits per heavy atom. The molecule has 0 aromatic rings. The molecule has 0 aliphatic carbocycles. The van der Waals surface area contributed by atoms with Gasteiger partial charge in [0.15, 0.2) is 0 Å². The Labute approximate surface area is 82.9 Å². The van der Waals surface area contributed by atoms with E-state index in [0.717, 1.165) is 19.5 Å². The van der Waals surface area contributed by atoms with Gasteiger partial charge in [-0.3, -0.25) is 9.69 Å². The summed E-state index contributed by atoms with van der Waals surface area (Å²) in [5.41, 5.74) is 0. The molecule has 2 N–H and O–H groups in total. The number of carbonyl (C=O) groups excluding carboxylic acids is 1. The van der Waals surface area contributed by atoms with Crippen LogP contribution in [-0.2, 0) is 4.79 Å². The van der Waals surface area contributed by atoms with Crippen molar-refractivity contribution in [3.05, 3.63) is 0 Å². The molecule has 2 unspecified atom stereocenters. The number of β-amino-alcohol motifs (C(OH)–C–C–N with tert-alkyl or cyclic N) is 2. The van der Waals surface area contributed by atoms with E-state index < -0.39 is 12.2 Å². The highest BCUT2D eigenvalue weighted by atomic mass is 16.3. The first kappa shape index (κ1) is 9.89. The molecule has 2 heterocycles. The highest BCUT2D eigenvalue weighted by molar-refractivity contribution is 5.79. The van der Waals surface area contributed by atoms with E-state index in [1.807, 2.05) is 0 Å². The maximum absolute atomic E-state index is 11.5. The molecule has 5 heteroatoms. The topological polar surface area (TPSA) is 64.0 Å². The summed E-state index contributed by atoms with van der Waals surface area (Å²) in [5.74, 6) is 0.109. The maximum atomic E-state index is 11.5. The maximum Gasteiger partial charge on any atom is 0.236 e. The number of aliphatic hydroxyl groups is 2. The molecule has 2 fully saturated rings. The number of hydrogen-bond acceptors (Lipinski definition) is 4. The molecule has 0 spiro atoms. The fourth-order valence-electron chi connectivity index (χ4n) is 1.83. The van der Waals surface area contributed by atoms with Crippen LogP contribution < -0.4 is 0 Å². The molecule has 14 heavy (non-hydrogen) atoms. The molecule has 0 saturated carbocycles. The Kier molecular flexibility index (Phi) is 2.71. The smallest absolute Gasteiger partial charge is 0.236 e. The monoisotopic (exact) mass is 200 g/mol. The van der Waals surface area contributed by atoms with Crippen molar-refractivity contribution >= 4 is 5.91 Å². The highest BCUT2D eigenvalue weighted by Crippen LogP contribution is 2.12. The molecule has 2 rings (SSSR count). The van der Waals surface area contributed by atoms with Gasteiger partial charge in [0, 0.05) is 26.2 Å². The summed E-state index contributed by atoms with van der Waals surface area (Å²) in [6.07, 6.45) is -0.296. The van der Waals surface area contributed by atoms with E-state index >= 15 is 0 Å². The van der Waals surface area contributed by atoms with E-state index in [0.29, 0.717) is 19.6 Å². The number of rotatable bonds is 2. The Morgan fingerprint density at radius 2 is 1.79 bits per heavy atom. The summed E-state index contributed by atoms with van der Waals surface area (Å²) < 4.78 is 0. The van der Waals surface area contributed by atoms with Crippen LogP contribution in [0.3, 0.4) is 0 Å². The highest BCUT2D eigenvalue weighted by Gasteiger charge is 2.32. The predicted octanol–water partition coefficient (Wildman–Crippen LogP) is -1.74. The van der Waals surface area contributed by atoms with Gasteiger partial charge in [-0.1, -0.05) is 0 Å². The normalized spacial score (nSPS) is 33.1. The van der Waals surface area contributed by atoms with Crippen molar-refractivity contribution < 1.29 is 15.0 Å². The molecule has 2 aliphatic rings. The molecule has 5 nitrogen and oxygen atoms in total. The molecule has 0 bridgehead atoms. The van der Waals surface area contributed by atoms with E-state index in [-0.39, 0.29) is 5.91 Å². The van der Waals surface area contributed by atoms with Crippen LogP contribution in [0.2, 0.25) is 0 Å². The average Bonchev–Trinajstić information content (AvgIpc) is 2.26. The fourth-order valence-corrected chi connectivity index (χ4v) is 1.83. The third-order valence-corrected chi connectivity index (χ3v) is 2.90. The first-order valence-corrected chi connectivity index (χ1v) is 5.03. The Morgan fingerprint density at radius 3 is 2.21 bits per heavy atom. The first-order chi connectivity index (χ1) is 6.66. The SMILES string of the molecule is O=C(CN1CC(O)C(O)C1)N1CCC1. The minimum absolute atomic E-state index is 0.109. The van der Waals surface area contributed by atoms with Crippen LogP contribution in [0, 0.1) is 0 Å². The Bertz CT molecular complexity index is 220. The van der Waals surface area contributed by atoms with Crippen molar-refractivity contribution in [2.24, 2.45) is 0 Å².